The summed E-state index contributed by atoms with van der Waals surface area (Å²) in [5.74, 6) is 1.47. The van der Waals surface area contributed by atoms with Crippen LogP contribution in [0, 0.1) is 17.8 Å². The molecule has 6 heteroatoms. The summed E-state index contributed by atoms with van der Waals surface area (Å²) in [4.78, 5) is 26.4. The van der Waals surface area contributed by atoms with Crippen molar-refractivity contribution in [2.45, 2.75) is 26.7 Å². The van der Waals surface area contributed by atoms with E-state index in [0.717, 1.165) is 56.5 Å². The number of rotatable bonds is 3. The Bertz CT molecular complexity index is 589. The number of benzene rings is 1. The highest BCUT2D eigenvalue weighted by atomic mass is 35.5. The van der Waals surface area contributed by atoms with Gasteiger partial charge in [-0.3, -0.25) is 9.59 Å². The number of likely N-dealkylation sites (tertiary alicyclic amines) is 1. The summed E-state index contributed by atoms with van der Waals surface area (Å²) in [5, 5.41) is 6.31. The van der Waals surface area contributed by atoms with Crippen LogP contribution in [0.3, 0.4) is 0 Å². The number of carbonyl (C=O) groups is 2. The maximum Gasteiger partial charge on any atom is 0.253 e. The van der Waals surface area contributed by atoms with E-state index >= 15 is 0 Å². The van der Waals surface area contributed by atoms with Crippen molar-refractivity contribution in [1.82, 2.24) is 10.2 Å². The quantitative estimate of drug-likeness (QED) is 0.865. The highest BCUT2D eigenvalue weighted by Gasteiger charge is 2.31. The highest BCUT2D eigenvalue weighted by Crippen LogP contribution is 2.27. The fraction of sp³-hybridized carbons (Fsp3) is 0.579. The molecule has 0 aromatic heterocycles. The predicted octanol–water partition coefficient (Wildman–Crippen LogP) is 2.77. The second-order valence-corrected chi connectivity index (χ2v) is 7.27. The van der Waals surface area contributed by atoms with Crippen molar-refractivity contribution in [2.75, 3.05) is 31.5 Å². The number of carbonyl (C=O) groups excluding carboxylic acids is 2. The number of hydrogen-bond donors (Lipinski definition) is 2. The van der Waals surface area contributed by atoms with E-state index < -0.39 is 0 Å². The third-order valence-corrected chi connectivity index (χ3v) is 5.23. The normalized spacial score (nSPS) is 22.8. The Morgan fingerprint density at radius 2 is 1.64 bits per heavy atom. The molecule has 25 heavy (non-hydrogen) atoms. The Labute approximate surface area is 155 Å². The number of fused-ring (bicyclic) bond motifs is 1. The van der Waals surface area contributed by atoms with Gasteiger partial charge in [-0.15, -0.1) is 12.4 Å². The number of nitrogens with zero attached hydrogens (tertiary/aromatic N) is 1. The van der Waals surface area contributed by atoms with E-state index in [4.69, 9.17) is 0 Å². The van der Waals surface area contributed by atoms with Crippen LogP contribution in [0.2, 0.25) is 0 Å². The van der Waals surface area contributed by atoms with E-state index in [-0.39, 0.29) is 30.1 Å². The van der Waals surface area contributed by atoms with Crippen LogP contribution >= 0.6 is 12.4 Å². The van der Waals surface area contributed by atoms with Crippen molar-refractivity contribution < 1.29 is 9.59 Å². The highest BCUT2D eigenvalue weighted by molar-refractivity contribution is 5.96. The van der Waals surface area contributed by atoms with E-state index in [1.807, 2.05) is 43.0 Å². The van der Waals surface area contributed by atoms with Gasteiger partial charge in [0.05, 0.1) is 0 Å². The second-order valence-electron chi connectivity index (χ2n) is 7.27. The molecular formula is C19H28ClN3O2. The third kappa shape index (κ3) is 4.73. The molecule has 5 nitrogen and oxygen atoms in total. The first-order chi connectivity index (χ1) is 11.5. The molecule has 2 amide bonds. The smallest absolute Gasteiger partial charge is 0.253 e. The Hall–Kier alpha value is -1.59. The fourth-order valence-electron chi connectivity index (χ4n) is 3.59. The molecule has 1 aromatic rings. The molecule has 0 radical (unpaired) electrons. The minimum absolute atomic E-state index is 0. The number of amides is 2. The van der Waals surface area contributed by atoms with Crippen LogP contribution in [-0.2, 0) is 4.79 Å². The molecule has 3 rings (SSSR count). The molecule has 2 N–H and O–H groups in total. The van der Waals surface area contributed by atoms with Crippen LogP contribution in [0.5, 0.6) is 0 Å². The maximum atomic E-state index is 12.7. The summed E-state index contributed by atoms with van der Waals surface area (Å²) in [7, 11) is 0. The summed E-state index contributed by atoms with van der Waals surface area (Å²) < 4.78 is 0. The zero-order chi connectivity index (χ0) is 17.1. The van der Waals surface area contributed by atoms with Crippen LogP contribution in [0.15, 0.2) is 24.3 Å². The average Bonchev–Trinajstić information content (AvgIpc) is 2.93. The van der Waals surface area contributed by atoms with Gasteiger partial charge in [-0.25, -0.2) is 0 Å². The average molecular weight is 366 g/mol. The molecule has 0 bridgehead atoms. The van der Waals surface area contributed by atoms with Gasteiger partial charge < -0.3 is 15.5 Å². The lowest BCUT2D eigenvalue weighted by Gasteiger charge is -2.21. The van der Waals surface area contributed by atoms with Gasteiger partial charge in [-0.1, -0.05) is 13.8 Å². The van der Waals surface area contributed by atoms with Gasteiger partial charge in [0, 0.05) is 30.3 Å². The van der Waals surface area contributed by atoms with E-state index in [1.54, 1.807) is 0 Å². The molecule has 2 aliphatic rings. The van der Waals surface area contributed by atoms with Crippen molar-refractivity contribution in [3.05, 3.63) is 29.8 Å². The minimum atomic E-state index is -0.0580. The molecule has 2 fully saturated rings. The SMILES string of the molecule is CC(C)C(=O)Nc1ccc(C(=O)N2CC[C@@H]3CNC[C@@H]3CC2)cc1.Cl. The standard InChI is InChI=1S/C19H27N3O2.ClH/c1-13(2)18(23)21-17-5-3-14(4-6-17)19(24)22-9-7-15-11-20-12-16(15)8-10-22;/h3-6,13,15-16,20H,7-12H2,1-2H3,(H,21,23);1H/t15-,16+;. The lowest BCUT2D eigenvalue weighted by molar-refractivity contribution is -0.118. The molecule has 2 saturated heterocycles. The topological polar surface area (TPSA) is 61.4 Å². The Kier molecular flexibility index (Phi) is 6.85. The fourth-order valence-corrected chi connectivity index (χ4v) is 3.59. The molecule has 2 aliphatic heterocycles. The van der Waals surface area contributed by atoms with Crippen molar-refractivity contribution in [2.24, 2.45) is 17.8 Å². The largest absolute Gasteiger partial charge is 0.339 e. The van der Waals surface area contributed by atoms with Gasteiger partial charge in [-0.05, 0) is 62.0 Å². The Morgan fingerprint density at radius 3 is 2.16 bits per heavy atom. The Morgan fingerprint density at radius 1 is 1.08 bits per heavy atom. The monoisotopic (exact) mass is 365 g/mol. The first-order valence-electron chi connectivity index (χ1n) is 8.95. The van der Waals surface area contributed by atoms with Gasteiger partial charge in [0.25, 0.3) is 5.91 Å². The van der Waals surface area contributed by atoms with Gasteiger partial charge in [0.1, 0.15) is 0 Å². The molecule has 1 aromatic carbocycles. The van der Waals surface area contributed by atoms with E-state index in [0.29, 0.717) is 5.56 Å². The molecule has 2 heterocycles. The Balaban J connectivity index is 0.00000225. The van der Waals surface area contributed by atoms with E-state index in [2.05, 4.69) is 10.6 Å². The first-order valence-corrected chi connectivity index (χ1v) is 8.95. The van der Waals surface area contributed by atoms with Gasteiger partial charge in [0.15, 0.2) is 0 Å². The summed E-state index contributed by atoms with van der Waals surface area (Å²) >= 11 is 0. The zero-order valence-electron chi connectivity index (χ0n) is 15.0. The summed E-state index contributed by atoms with van der Waals surface area (Å²) in [6.45, 7) is 7.59. The van der Waals surface area contributed by atoms with Crippen LogP contribution in [-0.4, -0.2) is 42.9 Å². The lowest BCUT2D eigenvalue weighted by atomic mass is 9.92. The first kappa shape index (κ1) is 19.7. The number of nitrogens with one attached hydrogen (secondary N) is 2. The summed E-state index contributed by atoms with van der Waals surface area (Å²) in [5.41, 5.74) is 1.43. The minimum Gasteiger partial charge on any atom is -0.339 e. The lowest BCUT2D eigenvalue weighted by Crippen LogP contribution is -2.32. The summed E-state index contributed by atoms with van der Waals surface area (Å²) in [6.07, 6.45) is 2.18. The van der Waals surface area contributed by atoms with Crippen LogP contribution in [0.4, 0.5) is 5.69 Å². The number of halogens is 1. The predicted molar refractivity (Wildman–Crippen MR) is 102 cm³/mol. The van der Waals surface area contributed by atoms with Crippen LogP contribution < -0.4 is 10.6 Å². The van der Waals surface area contributed by atoms with Crippen molar-refractivity contribution in [3.8, 4) is 0 Å². The van der Waals surface area contributed by atoms with E-state index in [9.17, 15) is 9.59 Å². The molecular weight excluding hydrogens is 338 g/mol. The molecule has 0 spiro atoms. The van der Waals surface area contributed by atoms with Gasteiger partial charge in [0.2, 0.25) is 5.91 Å². The zero-order valence-corrected chi connectivity index (χ0v) is 15.8. The van der Waals surface area contributed by atoms with E-state index in [1.165, 1.54) is 0 Å². The maximum absolute atomic E-state index is 12.7. The molecule has 2 atom stereocenters. The molecule has 0 saturated carbocycles. The summed E-state index contributed by atoms with van der Waals surface area (Å²) in [6, 6.07) is 7.24. The van der Waals surface area contributed by atoms with Gasteiger partial charge in [-0.2, -0.15) is 0 Å². The molecule has 0 unspecified atom stereocenters. The second kappa shape index (κ2) is 8.68. The van der Waals surface area contributed by atoms with Crippen molar-refractivity contribution in [3.63, 3.8) is 0 Å². The van der Waals surface area contributed by atoms with Crippen LogP contribution in [0.25, 0.3) is 0 Å². The van der Waals surface area contributed by atoms with Crippen molar-refractivity contribution >= 4 is 29.9 Å². The van der Waals surface area contributed by atoms with Gasteiger partial charge >= 0.3 is 0 Å². The number of hydrogen-bond acceptors (Lipinski definition) is 3. The van der Waals surface area contributed by atoms with Crippen molar-refractivity contribution in [1.29, 1.82) is 0 Å². The number of anilines is 1. The third-order valence-electron chi connectivity index (χ3n) is 5.23. The molecule has 138 valence electrons. The van der Waals surface area contributed by atoms with Crippen LogP contribution in [0.1, 0.15) is 37.0 Å². The molecule has 0 aliphatic carbocycles.